The van der Waals surface area contributed by atoms with Gasteiger partial charge in [-0.2, -0.15) is 0 Å². The third-order valence-electron chi connectivity index (χ3n) is 3.45. The Morgan fingerprint density at radius 1 is 1.28 bits per heavy atom. The van der Waals surface area contributed by atoms with Gasteiger partial charge in [0.15, 0.2) is 0 Å². The van der Waals surface area contributed by atoms with Gasteiger partial charge < -0.3 is 10.1 Å². The first-order chi connectivity index (χ1) is 8.70. The molecule has 4 heteroatoms. The lowest BCUT2D eigenvalue weighted by molar-refractivity contribution is 0.110. The molecule has 2 heterocycles. The summed E-state index contributed by atoms with van der Waals surface area (Å²) in [5.41, 5.74) is 3.42. The fourth-order valence-corrected chi connectivity index (χ4v) is 2.42. The van der Waals surface area contributed by atoms with Crippen LogP contribution in [0.25, 0.3) is 0 Å². The summed E-state index contributed by atoms with van der Waals surface area (Å²) in [6, 6.07) is 0. The van der Waals surface area contributed by atoms with E-state index in [2.05, 4.69) is 36.1 Å². The SMILES string of the molecule is CCNCc1c(C)nc(CC2CCCO2)nc1C. The number of nitrogens with one attached hydrogen (secondary N) is 1. The van der Waals surface area contributed by atoms with Crippen LogP contribution in [0.1, 0.15) is 42.5 Å². The van der Waals surface area contributed by atoms with Gasteiger partial charge in [-0.1, -0.05) is 6.92 Å². The van der Waals surface area contributed by atoms with Crippen molar-refractivity contribution >= 4 is 0 Å². The van der Waals surface area contributed by atoms with E-state index in [0.29, 0.717) is 6.10 Å². The van der Waals surface area contributed by atoms with E-state index in [1.807, 2.05) is 0 Å². The molecule has 1 unspecified atom stereocenters. The van der Waals surface area contributed by atoms with Gasteiger partial charge in [0.25, 0.3) is 0 Å². The number of hydrogen-bond acceptors (Lipinski definition) is 4. The van der Waals surface area contributed by atoms with Crippen LogP contribution in [-0.2, 0) is 17.7 Å². The highest BCUT2D eigenvalue weighted by atomic mass is 16.5. The minimum absolute atomic E-state index is 0.323. The van der Waals surface area contributed by atoms with Gasteiger partial charge in [0.1, 0.15) is 5.82 Å². The largest absolute Gasteiger partial charge is 0.378 e. The first-order valence-corrected chi connectivity index (χ1v) is 6.86. The molecule has 0 amide bonds. The van der Waals surface area contributed by atoms with Gasteiger partial charge in [0.2, 0.25) is 0 Å². The van der Waals surface area contributed by atoms with Gasteiger partial charge in [-0.15, -0.1) is 0 Å². The minimum atomic E-state index is 0.323. The van der Waals surface area contributed by atoms with Crippen LogP contribution in [0.3, 0.4) is 0 Å². The topological polar surface area (TPSA) is 47.0 Å². The molecule has 1 aliphatic rings. The molecule has 1 fully saturated rings. The normalized spacial score (nSPS) is 19.4. The number of ether oxygens (including phenoxy) is 1. The highest BCUT2D eigenvalue weighted by Gasteiger charge is 2.18. The van der Waals surface area contributed by atoms with Crippen molar-refractivity contribution in [3.8, 4) is 0 Å². The predicted octanol–water partition coefficient (Wildman–Crippen LogP) is 1.92. The van der Waals surface area contributed by atoms with E-state index in [1.54, 1.807) is 0 Å². The molecule has 1 saturated heterocycles. The molecule has 0 saturated carbocycles. The molecular weight excluding hydrogens is 226 g/mol. The summed E-state index contributed by atoms with van der Waals surface area (Å²) in [6.07, 6.45) is 3.48. The molecule has 0 aromatic carbocycles. The minimum Gasteiger partial charge on any atom is -0.378 e. The summed E-state index contributed by atoms with van der Waals surface area (Å²) < 4.78 is 5.64. The summed E-state index contributed by atoms with van der Waals surface area (Å²) in [6.45, 7) is 8.96. The van der Waals surface area contributed by atoms with Crippen LogP contribution in [0, 0.1) is 13.8 Å². The molecule has 0 bridgehead atoms. The van der Waals surface area contributed by atoms with Crippen molar-refractivity contribution in [3.63, 3.8) is 0 Å². The van der Waals surface area contributed by atoms with Gasteiger partial charge in [-0.25, -0.2) is 9.97 Å². The molecule has 0 radical (unpaired) electrons. The summed E-state index contributed by atoms with van der Waals surface area (Å²) in [7, 11) is 0. The molecule has 1 atom stereocenters. The average Bonchev–Trinajstić information content (AvgIpc) is 2.81. The Morgan fingerprint density at radius 2 is 2.00 bits per heavy atom. The Morgan fingerprint density at radius 3 is 2.56 bits per heavy atom. The van der Waals surface area contributed by atoms with E-state index in [1.165, 1.54) is 12.0 Å². The zero-order chi connectivity index (χ0) is 13.0. The van der Waals surface area contributed by atoms with Crippen LogP contribution in [0.4, 0.5) is 0 Å². The second-order valence-electron chi connectivity index (χ2n) is 4.91. The maximum atomic E-state index is 5.64. The molecular formula is C14H23N3O. The maximum absolute atomic E-state index is 5.64. The van der Waals surface area contributed by atoms with Crippen molar-refractivity contribution in [2.24, 2.45) is 0 Å². The van der Waals surface area contributed by atoms with Gasteiger partial charge in [0, 0.05) is 36.5 Å². The van der Waals surface area contributed by atoms with Crippen LogP contribution in [0.5, 0.6) is 0 Å². The van der Waals surface area contributed by atoms with E-state index in [-0.39, 0.29) is 0 Å². The fraction of sp³-hybridized carbons (Fsp3) is 0.714. The molecule has 1 aromatic rings. The van der Waals surface area contributed by atoms with Gasteiger partial charge in [0.05, 0.1) is 6.10 Å². The molecule has 4 nitrogen and oxygen atoms in total. The van der Waals surface area contributed by atoms with Crippen LogP contribution in [0.2, 0.25) is 0 Å². The van der Waals surface area contributed by atoms with Gasteiger partial charge in [-0.3, -0.25) is 0 Å². The van der Waals surface area contributed by atoms with E-state index < -0.39 is 0 Å². The maximum Gasteiger partial charge on any atom is 0.131 e. The van der Waals surface area contributed by atoms with E-state index in [4.69, 9.17) is 4.74 Å². The smallest absolute Gasteiger partial charge is 0.131 e. The molecule has 1 aliphatic heterocycles. The lowest BCUT2D eigenvalue weighted by Gasteiger charge is -2.13. The zero-order valence-corrected chi connectivity index (χ0v) is 11.6. The highest BCUT2D eigenvalue weighted by Crippen LogP contribution is 2.17. The quantitative estimate of drug-likeness (QED) is 0.866. The van der Waals surface area contributed by atoms with Crippen molar-refractivity contribution in [2.75, 3.05) is 13.2 Å². The molecule has 1 N–H and O–H groups in total. The van der Waals surface area contributed by atoms with Crippen molar-refractivity contribution in [1.82, 2.24) is 15.3 Å². The van der Waals surface area contributed by atoms with Crippen molar-refractivity contribution in [1.29, 1.82) is 0 Å². The fourth-order valence-electron chi connectivity index (χ4n) is 2.42. The Bertz CT molecular complexity index is 377. The second kappa shape index (κ2) is 6.25. The average molecular weight is 249 g/mol. The van der Waals surface area contributed by atoms with Gasteiger partial charge >= 0.3 is 0 Å². The third kappa shape index (κ3) is 3.27. The number of aryl methyl sites for hydroxylation is 2. The standard InChI is InChI=1S/C14H23N3O/c1-4-15-9-13-10(2)16-14(17-11(13)3)8-12-6-5-7-18-12/h12,15H,4-9H2,1-3H3. The number of hydrogen-bond donors (Lipinski definition) is 1. The molecule has 0 aliphatic carbocycles. The number of aromatic nitrogens is 2. The first kappa shape index (κ1) is 13.4. The summed E-state index contributed by atoms with van der Waals surface area (Å²) >= 11 is 0. The summed E-state index contributed by atoms with van der Waals surface area (Å²) in [5.74, 6) is 0.928. The van der Waals surface area contributed by atoms with Crippen LogP contribution >= 0.6 is 0 Å². The Balaban J connectivity index is 2.08. The Kier molecular flexibility index (Phi) is 4.66. The van der Waals surface area contributed by atoms with Crippen LogP contribution in [-0.4, -0.2) is 29.2 Å². The summed E-state index contributed by atoms with van der Waals surface area (Å²) in [5, 5.41) is 3.33. The monoisotopic (exact) mass is 249 g/mol. The molecule has 2 rings (SSSR count). The summed E-state index contributed by atoms with van der Waals surface area (Å²) in [4.78, 5) is 9.24. The predicted molar refractivity (Wildman–Crippen MR) is 71.6 cm³/mol. The van der Waals surface area contributed by atoms with Crippen molar-refractivity contribution in [3.05, 3.63) is 22.8 Å². The Hall–Kier alpha value is -1.00. The molecule has 1 aromatic heterocycles. The number of rotatable bonds is 5. The van der Waals surface area contributed by atoms with E-state index in [9.17, 15) is 0 Å². The molecule has 0 spiro atoms. The highest BCUT2D eigenvalue weighted by molar-refractivity contribution is 5.24. The van der Waals surface area contributed by atoms with Crippen molar-refractivity contribution in [2.45, 2.75) is 52.7 Å². The van der Waals surface area contributed by atoms with E-state index in [0.717, 1.165) is 49.8 Å². The second-order valence-corrected chi connectivity index (χ2v) is 4.91. The number of nitrogens with zero attached hydrogens (tertiary/aromatic N) is 2. The van der Waals surface area contributed by atoms with Gasteiger partial charge in [-0.05, 0) is 33.2 Å². The Labute approximate surface area is 109 Å². The first-order valence-electron chi connectivity index (χ1n) is 6.86. The van der Waals surface area contributed by atoms with Crippen LogP contribution in [0.15, 0.2) is 0 Å². The molecule has 18 heavy (non-hydrogen) atoms. The third-order valence-corrected chi connectivity index (χ3v) is 3.45. The zero-order valence-electron chi connectivity index (χ0n) is 11.6. The lowest BCUT2D eigenvalue weighted by atomic mass is 10.1. The lowest BCUT2D eigenvalue weighted by Crippen LogP contribution is -2.18. The van der Waals surface area contributed by atoms with E-state index >= 15 is 0 Å². The molecule has 100 valence electrons. The van der Waals surface area contributed by atoms with Crippen LogP contribution < -0.4 is 5.32 Å². The van der Waals surface area contributed by atoms with Crippen molar-refractivity contribution < 1.29 is 4.74 Å².